The zero-order valence-corrected chi connectivity index (χ0v) is 19.8. The molecule has 0 aromatic heterocycles. The van der Waals surface area contributed by atoms with Gasteiger partial charge < -0.3 is 14.8 Å². The monoisotopic (exact) mass is 500 g/mol. The first-order chi connectivity index (χ1) is 15.9. The van der Waals surface area contributed by atoms with E-state index in [4.69, 9.17) is 44.3 Å². The Kier molecular flexibility index (Phi) is 8.62. The van der Waals surface area contributed by atoms with Crippen molar-refractivity contribution in [2.24, 2.45) is 0 Å². The zero-order valence-electron chi connectivity index (χ0n) is 17.6. The van der Waals surface area contributed by atoms with Crippen LogP contribution in [0, 0.1) is 11.3 Å². The van der Waals surface area contributed by atoms with Crippen molar-refractivity contribution in [1.82, 2.24) is 0 Å². The summed E-state index contributed by atoms with van der Waals surface area (Å²) in [4.78, 5) is 12.5. The highest BCUT2D eigenvalue weighted by molar-refractivity contribution is 6.35. The van der Waals surface area contributed by atoms with Crippen molar-refractivity contribution in [1.29, 1.82) is 5.26 Å². The number of carbonyl (C=O) groups is 1. The predicted octanol–water partition coefficient (Wildman–Crippen LogP) is 7.17. The van der Waals surface area contributed by atoms with Gasteiger partial charge in [-0.1, -0.05) is 46.9 Å². The van der Waals surface area contributed by atoms with E-state index < -0.39 is 5.91 Å². The molecule has 0 aliphatic carbocycles. The van der Waals surface area contributed by atoms with Gasteiger partial charge in [0.15, 0.2) is 0 Å². The van der Waals surface area contributed by atoms with E-state index in [1.807, 2.05) is 13.0 Å². The number of benzene rings is 3. The number of hydrogen-bond donors (Lipinski definition) is 1. The highest BCUT2D eigenvalue weighted by Crippen LogP contribution is 2.29. The topological polar surface area (TPSA) is 71.3 Å². The Morgan fingerprint density at radius 1 is 1.00 bits per heavy atom. The summed E-state index contributed by atoms with van der Waals surface area (Å²) in [6.45, 7) is 2.65. The van der Waals surface area contributed by atoms with Crippen LogP contribution in [0.5, 0.6) is 11.5 Å². The van der Waals surface area contributed by atoms with Crippen molar-refractivity contribution in [2.45, 2.75) is 13.5 Å². The highest BCUT2D eigenvalue weighted by Gasteiger charge is 2.11. The fourth-order valence-electron chi connectivity index (χ4n) is 2.83. The van der Waals surface area contributed by atoms with Crippen molar-refractivity contribution in [3.05, 3.63) is 92.4 Å². The summed E-state index contributed by atoms with van der Waals surface area (Å²) >= 11 is 18.4. The number of carbonyl (C=O) groups excluding carboxylic acids is 1. The van der Waals surface area contributed by atoms with Crippen molar-refractivity contribution >= 4 is 52.5 Å². The molecule has 0 aliphatic rings. The lowest BCUT2D eigenvalue weighted by atomic mass is 10.1. The molecule has 3 aromatic carbocycles. The minimum Gasteiger partial charge on any atom is -0.494 e. The average molecular weight is 502 g/mol. The first-order valence-corrected chi connectivity index (χ1v) is 11.0. The number of hydrogen-bond acceptors (Lipinski definition) is 4. The Bertz CT molecular complexity index is 1220. The third-order valence-electron chi connectivity index (χ3n) is 4.45. The van der Waals surface area contributed by atoms with Gasteiger partial charge in [0.25, 0.3) is 5.91 Å². The molecule has 1 amide bonds. The van der Waals surface area contributed by atoms with Crippen molar-refractivity contribution < 1.29 is 14.3 Å². The first-order valence-electron chi connectivity index (χ1n) is 9.92. The van der Waals surface area contributed by atoms with Crippen LogP contribution in [-0.2, 0) is 11.4 Å². The quantitative estimate of drug-likeness (QED) is 0.262. The Morgan fingerprint density at radius 3 is 2.39 bits per heavy atom. The summed E-state index contributed by atoms with van der Waals surface area (Å²) in [5.74, 6) is 0.606. The zero-order chi connectivity index (χ0) is 23.8. The van der Waals surface area contributed by atoms with Crippen LogP contribution in [0.25, 0.3) is 6.08 Å². The maximum Gasteiger partial charge on any atom is 0.266 e. The number of nitrogens with one attached hydrogen (secondary N) is 1. The van der Waals surface area contributed by atoms with E-state index in [9.17, 15) is 10.1 Å². The summed E-state index contributed by atoms with van der Waals surface area (Å²) in [6, 6.07) is 18.9. The van der Waals surface area contributed by atoms with Crippen molar-refractivity contribution in [3.8, 4) is 17.6 Å². The molecule has 3 aromatic rings. The summed E-state index contributed by atoms with van der Waals surface area (Å²) in [7, 11) is 0. The number of nitriles is 1. The number of anilines is 1. The second-order valence-corrected chi connectivity index (χ2v) is 8.05. The van der Waals surface area contributed by atoms with E-state index in [0.29, 0.717) is 44.4 Å². The third kappa shape index (κ3) is 6.90. The normalized spacial score (nSPS) is 10.9. The number of ether oxygens (including phenoxy) is 2. The van der Waals surface area contributed by atoms with Gasteiger partial charge in [0.05, 0.1) is 11.6 Å². The molecular weight excluding hydrogens is 483 g/mol. The number of halogens is 3. The minimum atomic E-state index is -0.532. The molecule has 0 aliphatic heterocycles. The van der Waals surface area contributed by atoms with E-state index in [1.54, 1.807) is 60.7 Å². The molecule has 33 heavy (non-hydrogen) atoms. The van der Waals surface area contributed by atoms with Gasteiger partial charge in [-0.2, -0.15) is 5.26 Å². The average Bonchev–Trinajstić information content (AvgIpc) is 2.79. The molecule has 0 saturated heterocycles. The number of amides is 1. The van der Waals surface area contributed by atoms with Gasteiger partial charge in [0.1, 0.15) is 29.7 Å². The molecule has 168 valence electrons. The van der Waals surface area contributed by atoms with Crippen LogP contribution in [-0.4, -0.2) is 12.5 Å². The largest absolute Gasteiger partial charge is 0.494 e. The van der Waals surface area contributed by atoms with Gasteiger partial charge in [-0.3, -0.25) is 4.79 Å². The molecule has 0 heterocycles. The fraction of sp³-hybridized carbons (Fsp3) is 0.120. The van der Waals surface area contributed by atoms with Gasteiger partial charge in [-0.05, 0) is 67.1 Å². The third-order valence-corrected chi connectivity index (χ3v) is 5.34. The molecule has 0 spiro atoms. The maximum atomic E-state index is 12.5. The van der Waals surface area contributed by atoms with Gasteiger partial charge in [0, 0.05) is 21.3 Å². The molecule has 1 N–H and O–H groups in total. The lowest BCUT2D eigenvalue weighted by Gasteiger charge is -2.10. The van der Waals surface area contributed by atoms with Crippen LogP contribution in [0.2, 0.25) is 15.1 Å². The Morgan fingerprint density at radius 2 is 1.76 bits per heavy atom. The molecule has 5 nitrogen and oxygen atoms in total. The predicted molar refractivity (Wildman–Crippen MR) is 132 cm³/mol. The second-order valence-electron chi connectivity index (χ2n) is 6.80. The van der Waals surface area contributed by atoms with E-state index in [1.165, 1.54) is 6.08 Å². The lowest BCUT2D eigenvalue weighted by Crippen LogP contribution is -2.13. The Balaban J connectivity index is 1.68. The van der Waals surface area contributed by atoms with Gasteiger partial charge in [-0.15, -0.1) is 0 Å². The smallest absolute Gasteiger partial charge is 0.266 e. The number of nitrogens with zero attached hydrogens (tertiary/aromatic N) is 1. The van der Waals surface area contributed by atoms with Crippen LogP contribution in [0.15, 0.2) is 66.2 Å². The van der Waals surface area contributed by atoms with Crippen molar-refractivity contribution in [3.63, 3.8) is 0 Å². The molecule has 0 unspecified atom stereocenters. The van der Waals surface area contributed by atoms with E-state index in [-0.39, 0.29) is 12.2 Å². The van der Waals surface area contributed by atoms with Crippen LogP contribution in [0.3, 0.4) is 0 Å². The Hall–Kier alpha value is -3.17. The van der Waals surface area contributed by atoms with Crippen LogP contribution < -0.4 is 14.8 Å². The van der Waals surface area contributed by atoms with E-state index in [0.717, 1.165) is 5.56 Å². The summed E-state index contributed by atoms with van der Waals surface area (Å²) in [6.07, 6.45) is 1.45. The molecule has 0 saturated carbocycles. The van der Waals surface area contributed by atoms with Crippen LogP contribution >= 0.6 is 34.8 Å². The SMILES string of the molecule is CCOc1ccc(NC(=O)/C(C#N)=C/c2ccc(OCc3ccc(Cl)cc3Cl)c(Cl)c2)cc1. The second kappa shape index (κ2) is 11.6. The van der Waals surface area contributed by atoms with E-state index in [2.05, 4.69) is 5.32 Å². The van der Waals surface area contributed by atoms with Gasteiger partial charge in [0.2, 0.25) is 0 Å². The molecule has 0 bridgehead atoms. The molecule has 3 rings (SSSR count). The summed E-state index contributed by atoms with van der Waals surface area (Å²) in [5.41, 5.74) is 1.82. The van der Waals surface area contributed by atoms with Crippen molar-refractivity contribution in [2.75, 3.05) is 11.9 Å². The first kappa shape index (κ1) is 24.5. The molecule has 0 fully saturated rings. The Labute approximate surface area is 207 Å². The van der Waals surface area contributed by atoms with Gasteiger partial charge in [-0.25, -0.2) is 0 Å². The van der Waals surface area contributed by atoms with Crippen LogP contribution in [0.1, 0.15) is 18.1 Å². The maximum absolute atomic E-state index is 12.5. The van der Waals surface area contributed by atoms with Gasteiger partial charge >= 0.3 is 0 Å². The number of rotatable bonds is 8. The molecule has 8 heteroatoms. The molecular formula is C25H19Cl3N2O3. The lowest BCUT2D eigenvalue weighted by molar-refractivity contribution is -0.112. The van der Waals surface area contributed by atoms with Crippen LogP contribution in [0.4, 0.5) is 5.69 Å². The molecule has 0 atom stereocenters. The molecule has 0 radical (unpaired) electrons. The summed E-state index contributed by atoms with van der Waals surface area (Å²) < 4.78 is 11.1. The minimum absolute atomic E-state index is 0.0680. The highest BCUT2D eigenvalue weighted by atomic mass is 35.5. The fourth-order valence-corrected chi connectivity index (χ4v) is 3.54. The summed E-state index contributed by atoms with van der Waals surface area (Å²) in [5, 5.41) is 13.5. The standard InChI is InChI=1S/C25H19Cl3N2O3/c1-2-32-21-8-6-20(7-9-21)30-25(31)18(14-29)11-16-3-10-24(23(28)12-16)33-15-17-4-5-19(26)13-22(17)27/h3-13H,2,15H2,1H3,(H,30,31)/b18-11+. The van der Waals surface area contributed by atoms with E-state index >= 15 is 0 Å².